The van der Waals surface area contributed by atoms with Gasteiger partial charge in [0.25, 0.3) is 11.8 Å². The Morgan fingerprint density at radius 1 is 1.27 bits per heavy atom. The van der Waals surface area contributed by atoms with E-state index in [9.17, 15) is 29.7 Å². The third kappa shape index (κ3) is 7.20. The first-order chi connectivity index (χ1) is 21.1. The fourth-order valence-electron chi connectivity index (χ4n) is 4.87. The van der Waals surface area contributed by atoms with Gasteiger partial charge in [-0.2, -0.15) is 10.4 Å². The number of nitrogens with one attached hydrogen (secondary N) is 3. The number of carboxylic acid groups (broad SMARTS) is 1. The van der Waals surface area contributed by atoms with E-state index in [2.05, 4.69) is 32.4 Å². The fourth-order valence-corrected chi connectivity index (χ4v) is 5.56. The summed E-state index contributed by atoms with van der Waals surface area (Å²) in [6.45, 7) is 3.76. The second kappa shape index (κ2) is 14.4. The lowest BCUT2D eigenvalue weighted by Gasteiger charge is -2.30. The summed E-state index contributed by atoms with van der Waals surface area (Å²) < 4.78 is 0. The number of likely N-dealkylation sites (tertiary alicyclic amines) is 1. The van der Waals surface area contributed by atoms with E-state index < -0.39 is 36.7 Å². The number of carbonyl (C=O) groups is 3. The molecule has 6 N–H and O–H groups in total. The van der Waals surface area contributed by atoms with Crippen LogP contribution in [0.1, 0.15) is 16.8 Å². The molecule has 0 spiro atoms. The lowest BCUT2D eigenvalue weighted by molar-refractivity contribution is -0.141. The van der Waals surface area contributed by atoms with Crippen LogP contribution >= 0.6 is 23.2 Å². The number of aliphatic hydroxyl groups excluding tert-OH is 2. The molecule has 1 aromatic heterocycles. The minimum Gasteiger partial charge on any atom is -0.480 e. The predicted molar refractivity (Wildman–Crippen MR) is 162 cm³/mol. The Hall–Kier alpha value is -4.42. The number of rotatable bonds is 9. The summed E-state index contributed by atoms with van der Waals surface area (Å²) in [5, 5.41) is 50.8. The highest BCUT2D eigenvalue weighted by molar-refractivity contribution is 6.36. The zero-order chi connectivity index (χ0) is 32.0. The number of benzene rings is 1. The molecule has 0 unspecified atom stereocenters. The second-order valence-electron chi connectivity index (χ2n) is 10.1. The molecule has 0 bridgehead atoms. The predicted octanol–water partition coefficient (Wildman–Crippen LogP) is 0.657. The number of β-amino-alcohol motifs (C(OH)–C–C–N with tert-alkyl or cyclic N) is 2. The van der Waals surface area contributed by atoms with E-state index in [1.165, 1.54) is 4.90 Å². The van der Waals surface area contributed by atoms with Crippen LogP contribution < -0.4 is 10.6 Å². The molecule has 3 heterocycles. The Kier molecular flexibility index (Phi) is 10.6. The van der Waals surface area contributed by atoms with E-state index in [1.807, 2.05) is 0 Å². The number of aliphatic hydroxyl groups is 2. The van der Waals surface area contributed by atoms with Gasteiger partial charge in [-0.15, -0.1) is 11.6 Å². The van der Waals surface area contributed by atoms with Crippen molar-refractivity contribution in [1.29, 1.82) is 5.26 Å². The number of aromatic amines is 1. The van der Waals surface area contributed by atoms with Crippen molar-refractivity contribution in [3.05, 3.63) is 64.4 Å². The van der Waals surface area contributed by atoms with Crippen LogP contribution in [0.3, 0.4) is 0 Å². The molecule has 3 atom stereocenters. The van der Waals surface area contributed by atoms with Crippen molar-refractivity contribution in [2.24, 2.45) is 4.99 Å². The number of hydrogen-bond acceptors (Lipinski definition) is 8. The maximum Gasteiger partial charge on any atom is 0.328 e. The molecule has 14 nitrogen and oxygen atoms in total. The van der Waals surface area contributed by atoms with Gasteiger partial charge >= 0.3 is 5.97 Å². The van der Waals surface area contributed by atoms with Gasteiger partial charge in [-0.1, -0.05) is 30.3 Å². The SMILES string of the molecule is C=CC1=C(/C(Cl)=C(\CCl)C(=O)N[C@@H](CN=C(NC#N)N2C[C@@H](O)[C@@H](O)C2)C(=O)O)CCN(C(=O)c2ccc3cn[nH]c3c2)C1. The van der Waals surface area contributed by atoms with Gasteiger partial charge in [0, 0.05) is 37.1 Å². The van der Waals surface area contributed by atoms with Crippen LogP contribution in [0.15, 0.2) is 63.8 Å². The Balaban J connectivity index is 1.50. The third-order valence-electron chi connectivity index (χ3n) is 7.29. The van der Waals surface area contributed by atoms with E-state index in [4.69, 9.17) is 28.5 Å². The highest BCUT2D eigenvalue weighted by Crippen LogP contribution is 2.31. The molecule has 0 radical (unpaired) electrons. The van der Waals surface area contributed by atoms with Crippen molar-refractivity contribution in [2.45, 2.75) is 24.7 Å². The van der Waals surface area contributed by atoms with Gasteiger partial charge in [0.05, 0.1) is 47.0 Å². The van der Waals surface area contributed by atoms with Crippen molar-refractivity contribution < 1.29 is 29.7 Å². The lowest BCUT2D eigenvalue weighted by Crippen LogP contribution is -2.45. The van der Waals surface area contributed by atoms with Gasteiger partial charge < -0.3 is 30.4 Å². The van der Waals surface area contributed by atoms with Crippen molar-refractivity contribution in [3.8, 4) is 6.19 Å². The number of hydrogen-bond donors (Lipinski definition) is 6. The molecular weight excluding hydrogens is 615 g/mol. The van der Waals surface area contributed by atoms with Crippen molar-refractivity contribution in [3.63, 3.8) is 0 Å². The smallest absolute Gasteiger partial charge is 0.328 e. The molecular formula is C28H30Cl2N8O6. The van der Waals surface area contributed by atoms with Gasteiger partial charge in [0.1, 0.15) is 6.04 Å². The van der Waals surface area contributed by atoms with E-state index >= 15 is 0 Å². The minimum atomic E-state index is -1.53. The molecule has 2 aliphatic heterocycles. The summed E-state index contributed by atoms with van der Waals surface area (Å²) in [7, 11) is 0. The number of guanidine groups is 1. The van der Waals surface area contributed by atoms with E-state index in [-0.39, 0.29) is 54.4 Å². The van der Waals surface area contributed by atoms with Crippen LogP contribution in [0, 0.1) is 11.5 Å². The quantitative estimate of drug-likeness (QED) is 0.0561. The number of nitrogens with zero attached hydrogens (tertiary/aromatic N) is 5. The average Bonchev–Trinajstić information content (AvgIpc) is 3.62. The molecule has 0 aliphatic carbocycles. The summed E-state index contributed by atoms with van der Waals surface area (Å²) in [5.74, 6) is -2.86. The van der Waals surface area contributed by atoms with Gasteiger partial charge in [0.15, 0.2) is 6.19 Å². The monoisotopic (exact) mass is 644 g/mol. The number of aliphatic carboxylic acids is 1. The maximum atomic E-state index is 13.2. The largest absolute Gasteiger partial charge is 0.480 e. The van der Waals surface area contributed by atoms with Crippen molar-refractivity contribution >= 4 is 57.8 Å². The summed E-state index contributed by atoms with van der Waals surface area (Å²) in [4.78, 5) is 45.5. The molecule has 232 valence electrons. The number of fused-ring (bicyclic) bond motifs is 1. The van der Waals surface area contributed by atoms with Crippen LogP contribution in [0.5, 0.6) is 0 Å². The Bertz CT molecular complexity index is 1590. The molecule has 4 rings (SSSR count). The Labute approximate surface area is 261 Å². The molecule has 44 heavy (non-hydrogen) atoms. The summed E-state index contributed by atoms with van der Waals surface area (Å²) in [5.41, 5.74) is 2.28. The minimum absolute atomic E-state index is 0.0258. The Morgan fingerprint density at radius 2 is 2.00 bits per heavy atom. The van der Waals surface area contributed by atoms with Gasteiger partial charge in [-0.25, -0.2) is 9.79 Å². The van der Waals surface area contributed by atoms with Gasteiger partial charge in [0.2, 0.25) is 5.96 Å². The number of carboxylic acids is 1. The lowest BCUT2D eigenvalue weighted by atomic mass is 9.96. The second-order valence-corrected chi connectivity index (χ2v) is 10.7. The number of allylic oxidation sites excluding steroid dienone is 1. The number of amides is 2. The number of aromatic nitrogens is 2. The van der Waals surface area contributed by atoms with Crippen LogP contribution in [0.4, 0.5) is 0 Å². The number of aliphatic imine (C=N–C) groups is 1. The maximum absolute atomic E-state index is 13.2. The molecule has 2 aliphatic rings. The zero-order valence-electron chi connectivity index (χ0n) is 23.3. The zero-order valence-corrected chi connectivity index (χ0v) is 24.8. The summed E-state index contributed by atoms with van der Waals surface area (Å²) in [6.07, 6.45) is 3.03. The fraction of sp³-hybridized carbons (Fsp3) is 0.357. The Morgan fingerprint density at radius 3 is 2.64 bits per heavy atom. The first-order valence-electron chi connectivity index (χ1n) is 13.4. The number of nitriles is 1. The van der Waals surface area contributed by atoms with Crippen LogP contribution in [0.2, 0.25) is 0 Å². The summed E-state index contributed by atoms with van der Waals surface area (Å²) in [6, 6.07) is 3.71. The first-order valence-corrected chi connectivity index (χ1v) is 14.3. The van der Waals surface area contributed by atoms with Crippen molar-refractivity contribution in [1.82, 2.24) is 30.6 Å². The number of alkyl halides is 1. The topological polar surface area (TPSA) is 207 Å². The number of carbonyl (C=O) groups excluding carboxylic acids is 2. The summed E-state index contributed by atoms with van der Waals surface area (Å²) >= 11 is 12.8. The van der Waals surface area contributed by atoms with E-state index in [0.29, 0.717) is 23.3 Å². The molecule has 1 saturated heterocycles. The van der Waals surface area contributed by atoms with Crippen molar-refractivity contribution in [2.75, 3.05) is 38.6 Å². The molecule has 16 heteroatoms. The molecule has 1 fully saturated rings. The highest BCUT2D eigenvalue weighted by Gasteiger charge is 2.32. The van der Waals surface area contributed by atoms with Crippen LogP contribution in [-0.4, -0.2) is 116 Å². The normalized spacial score (nSPS) is 20.2. The van der Waals surface area contributed by atoms with E-state index in [1.54, 1.807) is 41.6 Å². The number of halogens is 2. The molecule has 1 aromatic carbocycles. The number of H-pyrrole nitrogens is 1. The standard InChI is InChI=1S/C28H30Cl2N8O6/c1-2-15-11-37(26(42)16-3-4-17-9-34-36-20(17)7-16)6-5-18(15)24(30)19(8-29)25(41)35-21(27(43)44)10-32-28(33-14-31)38-12-22(39)23(40)13-38/h2-4,7,9,21-23,39-40H,1,5-6,8,10-13H2,(H,32,33)(H,34,36)(H,35,41)(H,43,44)/b24-19-/t21-,22-,23+/m0/s1. The molecule has 2 amide bonds. The van der Waals surface area contributed by atoms with Gasteiger partial charge in [-0.3, -0.25) is 20.0 Å². The van der Waals surface area contributed by atoms with Crippen LogP contribution in [-0.2, 0) is 9.59 Å². The van der Waals surface area contributed by atoms with Crippen LogP contribution in [0.25, 0.3) is 10.9 Å². The molecule has 2 aromatic rings. The first kappa shape index (κ1) is 32.5. The van der Waals surface area contributed by atoms with E-state index in [0.717, 1.165) is 10.9 Å². The molecule has 0 saturated carbocycles. The third-order valence-corrected chi connectivity index (χ3v) is 8.02. The average molecular weight is 646 g/mol. The highest BCUT2D eigenvalue weighted by atomic mass is 35.5. The van der Waals surface area contributed by atoms with Gasteiger partial charge in [-0.05, 0) is 29.7 Å².